The third kappa shape index (κ3) is 1.12. The molecule has 0 nitrogen and oxygen atoms in total. The summed E-state index contributed by atoms with van der Waals surface area (Å²) in [6.07, 6.45) is 14.0. The van der Waals surface area contributed by atoms with Crippen LogP contribution in [-0.4, -0.2) is 0 Å². The second kappa shape index (κ2) is 3.25. The van der Waals surface area contributed by atoms with Crippen LogP contribution in [0.4, 0.5) is 0 Å². The zero-order valence-corrected chi connectivity index (χ0v) is 9.60. The largest absolute Gasteiger partial charge is 0.0648 e. The summed E-state index contributed by atoms with van der Waals surface area (Å²) in [5, 5.41) is 0. The van der Waals surface area contributed by atoms with Gasteiger partial charge in [-0.15, -0.1) is 0 Å². The fraction of sp³-hybridized carbons (Fsp3) is 1.00. The molecule has 0 spiro atoms. The molecule has 3 saturated carbocycles. The van der Waals surface area contributed by atoms with Crippen molar-refractivity contribution >= 4 is 0 Å². The molecule has 0 heterocycles. The normalized spacial score (nSPS) is 47.8. The summed E-state index contributed by atoms with van der Waals surface area (Å²) >= 11 is 0. The monoisotopic (exact) mass is 192 g/mol. The Labute approximate surface area is 88.5 Å². The van der Waals surface area contributed by atoms with Gasteiger partial charge in [0, 0.05) is 0 Å². The maximum atomic E-state index is 2.44. The maximum Gasteiger partial charge on any atom is -0.0266 e. The van der Waals surface area contributed by atoms with Gasteiger partial charge in [0.15, 0.2) is 0 Å². The lowest BCUT2D eigenvalue weighted by Crippen LogP contribution is -2.53. The van der Waals surface area contributed by atoms with E-state index in [0.717, 1.165) is 17.3 Å². The van der Waals surface area contributed by atoms with Crippen LogP contribution in [0.2, 0.25) is 0 Å². The molecule has 0 aromatic heterocycles. The predicted octanol–water partition coefficient (Wildman–Crippen LogP) is 4.39. The molecule has 3 fully saturated rings. The molecule has 0 bridgehead atoms. The highest BCUT2D eigenvalue weighted by molar-refractivity contribution is 5.05. The zero-order valence-electron chi connectivity index (χ0n) is 9.60. The van der Waals surface area contributed by atoms with E-state index in [1.807, 2.05) is 0 Å². The van der Waals surface area contributed by atoms with Gasteiger partial charge in [-0.05, 0) is 42.4 Å². The Morgan fingerprint density at radius 3 is 2.57 bits per heavy atom. The van der Waals surface area contributed by atoms with E-state index < -0.39 is 0 Å². The van der Waals surface area contributed by atoms with Gasteiger partial charge in [0.1, 0.15) is 0 Å². The van der Waals surface area contributed by atoms with Gasteiger partial charge in [0.2, 0.25) is 0 Å². The minimum absolute atomic E-state index is 0.846. The van der Waals surface area contributed by atoms with Crippen LogP contribution in [0.25, 0.3) is 0 Å². The highest BCUT2D eigenvalue weighted by atomic mass is 14.6. The molecule has 0 N–H and O–H groups in total. The van der Waals surface area contributed by atoms with E-state index in [4.69, 9.17) is 0 Å². The standard InChI is InChI=1S/C14H24/c1-2-14-9-4-3-8-13(14)12(10-14)11-6-5-7-11/h11-13H,2-10H2,1H3. The van der Waals surface area contributed by atoms with Crippen molar-refractivity contribution in [1.82, 2.24) is 0 Å². The third-order valence-corrected chi connectivity index (χ3v) is 5.84. The van der Waals surface area contributed by atoms with Gasteiger partial charge in [-0.2, -0.15) is 0 Å². The highest BCUT2D eigenvalue weighted by Gasteiger charge is 2.55. The summed E-state index contributed by atoms with van der Waals surface area (Å²) in [6, 6.07) is 0. The fourth-order valence-electron chi connectivity index (χ4n) is 4.65. The molecular weight excluding hydrogens is 168 g/mol. The van der Waals surface area contributed by atoms with Crippen molar-refractivity contribution in [2.24, 2.45) is 23.2 Å². The van der Waals surface area contributed by atoms with Gasteiger partial charge in [-0.25, -0.2) is 0 Å². The summed E-state index contributed by atoms with van der Waals surface area (Å²) in [5.41, 5.74) is 0.846. The lowest BCUT2D eigenvalue weighted by molar-refractivity contribution is -0.120. The van der Waals surface area contributed by atoms with Crippen molar-refractivity contribution in [3.05, 3.63) is 0 Å². The number of fused-ring (bicyclic) bond motifs is 1. The minimum atomic E-state index is 0.846. The summed E-state index contributed by atoms with van der Waals surface area (Å²) in [4.78, 5) is 0. The Balaban J connectivity index is 1.70. The summed E-state index contributed by atoms with van der Waals surface area (Å²) in [7, 11) is 0. The van der Waals surface area contributed by atoms with Gasteiger partial charge < -0.3 is 0 Å². The Hall–Kier alpha value is 0. The van der Waals surface area contributed by atoms with Crippen LogP contribution in [0.3, 0.4) is 0 Å². The molecule has 3 aliphatic carbocycles. The Kier molecular flexibility index (Phi) is 2.15. The van der Waals surface area contributed by atoms with Crippen molar-refractivity contribution in [2.75, 3.05) is 0 Å². The molecule has 0 aliphatic heterocycles. The molecule has 0 radical (unpaired) electrons. The molecule has 0 aromatic carbocycles. The van der Waals surface area contributed by atoms with Crippen molar-refractivity contribution in [3.63, 3.8) is 0 Å². The molecule has 3 atom stereocenters. The molecule has 3 unspecified atom stereocenters. The number of hydrogen-bond acceptors (Lipinski definition) is 0. The topological polar surface area (TPSA) is 0 Å². The van der Waals surface area contributed by atoms with E-state index in [1.165, 1.54) is 31.6 Å². The van der Waals surface area contributed by atoms with Gasteiger partial charge >= 0.3 is 0 Å². The van der Waals surface area contributed by atoms with Gasteiger partial charge in [0.25, 0.3) is 0 Å². The predicted molar refractivity (Wildman–Crippen MR) is 60.1 cm³/mol. The molecule has 0 saturated heterocycles. The first-order chi connectivity index (χ1) is 6.86. The van der Waals surface area contributed by atoms with E-state index in [-0.39, 0.29) is 0 Å². The van der Waals surface area contributed by atoms with Crippen LogP contribution >= 0.6 is 0 Å². The van der Waals surface area contributed by atoms with Crippen molar-refractivity contribution in [1.29, 1.82) is 0 Å². The van der Waals surface area contributed by atoms with E-state index in [0.29, 0.717) is 0 Å². The Morgan fingerprint density at radius 2 is 1.93 bits per heavy atom. The van der Waals surface area contributed by atoms with Crippen molar-refractivity contribution < 1.29 is 0 Å². The average Bonchev–Trinajstić information content (AvgIpc) is 2.11. The Bertz CT molecular complexity index is 216. The van der Waals surface area contributed by atoms with E-state index >= 15 is 0 Å². The molecule has 3 rings (SSSR count). The molecule has 80 valence electrons. The molecule has 0 aromatic rings. The van der Waals surface area contributed by atoms with Crippen LogP contribution in [0.5, 0.6) is 0 Å². The summed E-state index contributed by atoms with van der Waals surface area (Å²) in [5.74, 6) is 3.49. The van der Waals surface area contributed by atoms with Crippen LogP contribution in [0, 0.1) is 23.2 Å². The third-order valence-electron chi connectivity index (χ3n) is 5.84. The summed E-state index contributed by atoms with van der Waals surface area (Å²) < 4.78 is 0. The lowest BCUT2D eigenvalue weighted by Gasteiger charge is -2.62. The second-order valence-corrected chi connectivity index (χ2v) is 6.13. The number of hydrogen-bond donors (Lipinski definition) is 0. The first kappa shape index (κ1) is 9.24. The maximum absolute atomic E-state index is 2.44. The van der Waals surface area contributed by atoms with Gasteiger partial charge in [-0.3, -0.25) is 0 Å². The number of rotatable bonds is 2. The zero-order chi connectivity index (χ0) is 9.60. The van der Waals surface area contributed by atoms with Crippen LogP contribution < -0.4 is 0 Å². The van der Waals surface area contributed by atoms with Crippen LogP contribution in [-0.2, 0) is 0 Å². The first-order valence-electron chi connectivity index (χ1n) is 6.86. The molecule has 14 heavy (non-hydrogen) atoms. The first-order valence-corrected chi connectivity index (χ1v) is 6.86. The second-order valence-electron chi connectivity index (χ2n) is 6.13. The van der Waals surface area contributed by atoms with Crippen molar-refractivity contribution in [3.8, 4) is 0 Å². The highest BCUT2D eigenvalue weighted by Crippen LogP contribution is 2.64. The average molecular weight is 192 g/mol. The molecule has 3 aliphatic rings. The fourth-order valence-corrected chi connectivity index (χ4v) is 4.65. The smallest absolute Gasteiger partial charge is 0.0266 e. The molecule has 0 amide bonds. The van der Waals surface area contributed by atoms with Gasteiger partial charge in [0.05, 0.1) is 0 Å². The van der Waals surface area contributed by atoms with Gasteiger partial charge in [-0.1, -0.05) is 45.4 Å². The van der Waals surface area contributed by atoms with Crippen molar-refractivity contribution in [2.45, 2.75) is 64.7 Å². The van der Waals surface area contributed by atoms with Crippen LogP contribution in [0.1, 0.15) is 64.7 Å². The summed E-state index contributed by atoms with van der Waals surface area (Å²) in [6.45, 7) is 2.44. The molecule has 0 heteroatoms. The lowest BCUT2D eigenvalue weighted by atomic mass is 9.43. The van der Waals surface area contributed by atoms with E-state index in [2.05, 4.69) is 6.92 Å². The molecular formula is C14H24. The quantitative estimate of drug-likeness (QED) is 0.608. The Morgan fingerprint density at radius 1 is 1.07 bits per heavy atom. The SMILES string of the molecule is CCC12CCCCC1C(C1CCC1)C2. The van der Waals surface area contributed by atoms with E-state index in [9.17, 15) is 0 Å². The van der Waals surface area contributed by atoms with Crippen LogP contribution in [0.15, 0.2) is 0 Å². The van der Waals surface area contributed by atoms with E-state index in [1.54, 1.807) is 32.1 Å². The minimum Gasteiger partial charge on any atom is -0.0648 e.